The number of carboxylic acids is 1. The van der Waals surface area contributed by atoms with Gasteiger partial charge in [0.25, 0.3) is 0 Å². The Hall–Kier alpha value is -0.530. The smallest absolute Gasteiger partial charge is 0.303 e. The van der Waals surface area contributed by atoms with E-state index < -0.39 is 5.97 Å². The van der Waals surface area contributed by atoms with Gasteiger partial charge in [-0.1, -0.05) is 118 Å². The van der Waals surface area contributed by atoms with Crippen LogP contribution in [0.1, 0.15) is 124 Å². The zero-order valence-corrected chi connectivity index (χ0v) is 16.5. The molecule has 0 radical (unpaired) electrons. The summed E-state index contributed by atoms with van der Waals surface area (Å²) in [6.07, 6.45) is 20.7. The van der Waals surface area contributed by atoms with Crippen molar-refractivity contribution in [3.63, 3.8) is 0 Å². The van der Waals surface area contributed by atoms with Crippen LogP contribution in [0, 0.1) is 5.92 Å². The lowest BCUT2D eigenvalue weighted by atomic mass is 10.0. The van der Waals surface area contributed by atoms with Crippen LogP contribution in [-0.2, 0) is 4.79 Å². The summed E-state index contributed by atoms with van der Waals surface area (Å²) >= 11 is 0. The summed E-state index contributed by atoms with van der Waals surface area (Å²) < 4.78 is 0. The molecule has 0 aromatic heterocycles. The predicted molar refractivity (Wildman–Crippen MR) is 103 cm³/mol. The van der Waals surface area contributed by atoms with E-state index in [2.05, 4.69) is 13.8 Å². The normalized spacial score (nSPS) is 10.5. The van der Waals surface area contributed by atoms with Gasteiger partial charge in [-0.05, 0) is 5.92 Å². The number of unbranched alkanes of at least 4 members (excludes halogenated alkanes) is 13. The highest BCUT2D eigenvalue weighted by atomic mass is 16.4. The van der Waals surface area contributed by atoms with Gasteiger partial charge < -0.3 is 5.11 Å². The zero-order valence-electron chi connectivity index (χ0n) is 16.5. The Kier molecular flexibility index (Phi) is 23.1. The summed E-state index contributed by atoms with van der Waals surface area (Å²) in [5.74, 6) is -0.438. The maximum atomic E-state index is 9.81. The molecule has 0 saturated carbocycles. The molecule has 0 spiro atoms. The van der Waals surface area contributed by atoms with E-state index in [-0.39, 0.29) is 12.3 Å². The minimum Gasteiger partial charge on any atom is -0.481 e. The second kappa shape index (κ2) is 21.5. The number of carboxylic acid groups (broad SMARTS) is 1. The number of aliphatic carboxylic acids is 1. The van der Waals surface area contributed by atoms with Gasteiger partial charge in [0.2, 0.25) is 0 Å². The molecule has 23 heavy (non-hydrogen) atoms. The number of carbonyl (C=O) groups is 1. The first-order valence-corrected chi connectivity index (χ1v) is 10.3. The fourth-order valence-corrected chi connectivity index (χ4v) is 2.62. The number of hydrogen-bond donors (Lipinski definition) is 1. The molecule has 0 bridgehead atoms. The van der Waals surface area contributed by atoms with Crippen molar-refractivity contribution >= 4 is 5.97 Å². The molecule has 140 valence electrons. The molecule has 0 heterocycles. The van der Waals surface area contributed by atoms with E-state index in [1.807, 2.05) is 13.8 Å². The van der Waals surface area contributed by atoms with Crippen LogP contribution in [0.5, 0.6) is 0 Å². The molecule has 2 nitrogen and oxygen atoms in total. The van der Waals surface area contributed by atoms with E-state index in [1.54, 1.807) is 0 Å². The Morgan fingerprint density at radius 2 is 0.913 bits per heavy atom. The van der Waals surface area contributed by atoms with Crippen LogP contribution in [-0.4, -0.2) is 11.1 Å². The molecule has 2 heteroatoms. The van der Waals surface area contributed by atoms with E-state index >= 15 is 0 Å². The molecule has 0 saturated heterocycles. The van der Waals surface area contributed by atoms with Gasteiger partial charge in [-0.2, -0.15) is 0 Å². The molecule has 0 aliphatic heterocycles. The molecule has 0 aromatic carbocycles. The van der Waals surface area contributed by atoms with E-state index in [1.165, 1.54) is 89.9 Å². The monoisotopic (exact) mass is 328 g/mol. The maximum Gasteiger partial charge on any atom is 0.303 e. The van der Waals surface area contributed by atoms with Crippen LogP contribution in [0.15, 0.2) is 0 Å². The summed E-state index contributed by atoms with van der Waals surface area (Å²) in [5.41, 5.74) is 0. The van der Waals surface area contributed by atoms with Crippen molar-refractivity contribution in [2.75, 3.05) is 0 Å². The van der Waals surface area contributed by atoms with Crippen LogP contribution in [0.3, 0.4) is 0 Å². The van der Waals surface area contributed by atoms with E-state index in [4.69, 9.17) is 5.11 Å². The third-order valence-electron chi connectivity index (χ3n) is 4.04. The van der Waals surface area contributed by atoms with Gasteiger partial charge >= 0.3 is 5.97 Å². The predicted octanol–water partition coefficient (Wildman–Crippen LogP) is 7.60. The first-order chi connectivity index (χ1) is 11.0. The molecule has 0 aromatic rings. The van der Waals surface area contributed by atoms with Crippen LogP contribution < -0.4 is 0 Å². The van der Waals surface area contributed by atoms with Crippen molar-refractivity contribution in [2.45, 2.75) is 124 Å². The maximum absolute atomic E-state index is 9.81. The minimum absolute atomic E-state index is 0.275. The fraction of sp³-hybridized carbons (Fsp3) is 0.952. The van der Waals surface area contributed by atoms with Crippen LogP contribution >= 0.6 is 0 Å². The first-order valence-electron chi connectivity index (χ1n) is 10.3. The van der Waals surface area contributed by atoms with Crippen molar-refractivity contribution in [1.29, 1.82) is 0 Å². The lowest BCUT2D eigenvalue weighted by molar-refractivity contribution is -0.137. The Morgan fingerprint density at radius 3 is 1.04 bits per heavy atom. The topological polar surface area (TPSA) is 37.3 Å². The van der Waals surface area contributed by atoms with Crippen molar-refractivity contribution in [3.05, 3.63) is 0 Å². The van der Waals surface area contributed by atoms with Crippen molar-refractivity contribution in [1.82, 2.24) is 0 Å². The summed E-state index contributed by atoms with van der Waals surface area (Å²) in [4.78, 5) is 9.81. The molecular weight excluding hydrogens is 284 g/mol. The average Bonchev–Trinajstić information content (AvgIpc) is 2.48. The van der Waals surface area contributed by atoms with Gasteiger partial charge in [0.05, 0.1) is 0 Å². The molecule has 0 aliphatic carbocycles. The number of rotatable bonds is 15. The molecule has 0 unspecified atom stereocenters. The molecule has 0 fully saturated rings. The Bertz CT molecular complexity index is 210. The summed E-state index contributed by atoms with van der Waals surface area (Å²) in [5, 5.41) is 8.08. The highest BCUT2D eigenvalue weighted by molar-refractivity contribution is 5.66. The summed E-state index contributed by atoms with van der Waals surface area (Å²) in [6.45, 7) is 8.35. The fourth-order valence-electron chi connectivity index (χ4n) is 2.62. The van der Waals surface area contributed by atoms with Crippen LogP contribution in [0.4, 0.5) is 0 Å². The van der Waals surface area contributed by atoms with Gasteiger partial charge in [0, 0.05) is 6.42 Å². The second-order valence-electron chi connectivity index (χ2n) is 7.23. The Balaban J connectivity index is 0. The highest BCUT2D eigenvalue weighted by Crippen LogP contribution is 2.12. The van der Waals surface area contributed by atoms with Gasteiger partial charge in [0.15, 0.2) is 0 Å². The van der Waals surface area contributed by atoms with Gasteiger partial charge in [-0.3, -0.25) is 4.79 Å². The summed E-state index contributed by atoms with van der Waals surface area (Å²) in [7, 11) is 0. The Morgan fingerprint density at radius 1 is 0.652 bits per heavy atom. The zero-order chi connectivity index (χ0) is 17.8. The van der Waals surface area contributed by atoms with Crippen molar-refractivity contribution < 1.29 is 9.90 Å². The molecule has 0 rings (SSSR count). The van der Waals surface area contributed by atoms with Gasteiger partial charge in [0.1, 0.15) is 0 Å². The van der Waals surface area contributed by atoms with Crippen LogP contribution in [0.25, 0.3) is 0 Å². The van der Waals surface area contributed by atoms with Crippen molar-refractivity contribution in [2.24, 2.45) is 5.92 Å². The third kappa shape index (κ3) is 30.0. The first kappa shape index (κ1) is 24.7. The standard InChI is InChI=1S/C16H34.C5H10O2/c1-3-5-7-9-11-13-15-16-14-12-10-8-6-4-2;1-4(2)3-5(6)7/h3-16H2,1-2H3;4H,3H2,1-2H3,(H,6,7). The quantitative estimate of drug-likeness (QED) is 0.314. The van der Waals surface area contributed by atoms with Gasteiger partial charge in [-0.25, -0.2) is 0 Å². The largest absolute Gasteiger partial charge is 0.481 e. The number of hydrogen-bond acceptors (Lipinski definition) is 1. The highest BCUT2D eigenvalue weighted by Gasteiger charge is 1.98. The SMILES string of the molecule is CC(C)CC(=O)O.CCCCCCCCCCCCCCCC. The molecule has 0 atom stereocenters. The molecular formula is C21H44O2. The minimum atomic E-state index is -0.713. The van der Waals surface area contributed by atoms with E-state index in [0.717, 1.165) is 0 Å². The summed E-state index contributed by atoms with van der Waals surface area (Å²) in [6, 6.07) is 0. The van der Waals surface area contributed by atoms with Gasteiger partial charge in [-0.15, -0.1) is 0 Å². The van der Waals surface area contributed by atoms with Crippen molar-refractivity contribution in [3.8, 4) is 0 Å². The third-order valence-corrected chi connectivity index (χ3v) is 4.04. The lowest BCUT2D eigenvalue weighted by Crippen LogP contribution is -1.99. The molecule has 0 amide bonds. The average molecular weight is 329 g/mol. The lowest BCUT2D eigenvalue weighted by Gasteiger charge is -2.02. The molecule has 0 aliphatic rings. The molecule has 1 N–H and O–H groups in total. The van der Waals surface area contributed by atoms with E-state index in [9.17, 15) is 4.79 Å². The second-order valence-corrected chi connectivity index (χ2v) is 7.23. The van der Waals surface area contributed by atoms with Crippen LogP contribution in [0.2, 0.25) is 0 Å². The van der Waals surface area contributed by atoms with E-state index in [0.29, 0.717) is 0 Å². The Labute approximate surface area is 146 Å².